The summed E-state index contributed by atoms with van der Waals surface area (Å²) in [6, 6.07) is 20.4. The molecule has 0 saturated carbocycles. The fourth-order valence-corrected chi connectivity index (χ4v) is 5.77. The monoisotopic (exact) mass is 529 g/mol. The number of nitrogens with zero attached hydrogens (tertiary/aromatic N) is 2. The first-order valence-corrected chi connectivity index (χ1v) is 13.2. The van der Waals surface area contributed by atoms with Gasteiger partial charge in [-0.2, -0.15) is 0 Å². The smallest absolute Gasteiger partial charge is 0.245 e. The topological polar surface area (TPSA) is 79.4 Å². The Kier molecular flexibility index (Phi) is 6.32. The Bertz CT molecular complexity index is 1400. The maximum Gasteiger partial charge on any atom is 0.245 e. The molecule has 0 aliphatic carbocycles. The number of rotatable bonds is 6. The number of aromatic nitrogens is 1. The molecule has 0 bridgehead atoms. The van der Waals surface area contributed by atoms with Crippen LogP contribution in [-0.4, -0.2) is 32.1 Å². The molecule has 0 unspecified atom stereocenters. The number of sulfonamides is 1. The molecule has 0 aliphatic rings. The van der Waals surface area contributed by atoms with E-state index in [4.69, 9.17) is 0 Å². The molecule has 0 radical (unpaired) electrons. The number of carbonyl (C=O) groups is 1. The van der Waals surface area contributed by atoms with E-state index in [-0.39, 0.29) is 6.54 Å². The van der Waals surface area contributed by atoms with Crippen molar-refractivity contribution >= 4 is 64.8 Å². The molecule has 0 fully saturated rings. The molecule has 9 heteroatoms. The molecule has 0 saturated heterocycles. The Hall–Kier alpha value is -2.75. The maximum absolute atomic E-state index is 12.6. The van der Waals surface area contributed by atoms with Crippen molar-refractivity contribution in [2.24, 2.45) is 0 Å². The SMILES string of the molecule is Cc1ccc2nc(-c3ccc(NC(=O)CN(c4ccccc4Br)S(C)(=O)=O)cc3)sc2c1. The van der Waals surface area contributed by atoms with Crippen molar-refractivity contribution in [3.8, 4) is 10.6 Å². The first-order chi connectivity index (χ1) is 15.2. The Labute approximate surface area is 199 Å². The van der Waals surface area contributed by atoms with Crippen LogP contribution in [0.25, 0.3) is 20.8 Å². The number of aryl methyl sites for hydroxylation is 1. The van der Waals surface area contributed by atoms with E-state index in [9.17, 15) is 13.2 Å². The van der Waals surface area contributed by atoms with E-state index in [2.05, 4.69) is 39.2 Å². The summed E-state index contributed by atoms with van der Waals surface area (Å²) in [6.45, 7) is 1.72. The van der Waals surface area contributed by atoms with Gasteiger partial charge in [0.05, 0.1) is 22.2 Å². The summed E-state index contributed by atoms with van der Waals surface area (Å²) in [4.78, 5) is 17.3. The predicted octanol–water partition coefficient (Wildman–Crippen LogP) is 5.44. The summed E-state index contributed by atoms with van der Waals surface area (Å²) in [5.74, 6) is -0.436. The fraction of sp³-hybridized carbons (Fsp3) is 0.130. The third-order valence-electron chi connectivity index (χ3n) is 4.77. The largest absolute Gasteiger partial charge is 0.325 e. The molecule has 4 aromatic rings. The highest BCUT2D eigenvalue weighted by Gasteiger charge is 2.22. The third-order valence-corrected chi connectivity index (χ3v) is 7.63. The summed E-state index contributed by atoms with van der Waals surface area (Å²) < 4.78 is 27.4. The fourth-order valence-electron chi connectivity index (χ4n) is 3.22. The number of halogens is 1. The second-order valence-electron chi connectivity index (χ2n) is 7.34. The van der Waals surface area contributed by atoms with Crippen molar-refractivity contribution in [2.75, 3.05) is 22.4 Å². The van der Waals surface area contributed by atoms with Crippen molar-refractivity contribution in [1.29, 1.82) is 0 Å². The molecule has 3 aromatic carbocycles. The summed E-state index contributed by atoms with van der Waals surface area (Å²) in [7, 11) is -3.65. The van der Waals surface area contributed by atoms with Crippen LogP contribution in [0.5, 0.6) is 0 Å². The van der Waals surface area contributed by atoms with Gasteiger partial charge in [0, 0.05) is 15.7 Å². The van der Waals surface area contributed by atoms with Gasteiger partial charge in [-0.15, -0.1) is 11.3 Å². The normalized spacial score (nSPS) is 11.5. The van der Waals surface area contributed by atoms with Crippen LogP contribution in [0.2, 0.25) is 0 Å². The van der Waals surface area contributed by atoms with Crippen LogP contribution in [0.4, 0.5) is 11.4 Å². The second-order valence-corrected chi connectivity index (χ2v) is 11.1. The molecule has 164 valence electrons. The minimum absolute atomic E-state index is 0.333. The summed E-state index contributed by atoms with van der Waals surface area (Å²) in [6.07, 6.45) is 1.08. The number of carbonyl (C=O) groups excluding carboxylic acids is 1. The summed E-state index contributed by atoms with van der Waals surface area (Å²) >= 11 is 4.97. The number of amides is 1. The van der Waals surface area contributed by atoms with E-state index < -0.39 is 15.9 Å². The highest BCUT2D eigenvalue weighted by Crippen LogP contribution is 2.31. The quantitative estimate of drug-likeness (QED) is 0.360. The molecule has 1 amide bonds. The third kappa shape index (κ3) is 5.01. The second kappa shape index (κ2) is 9.01. The Morgan fingerprint density at radius 2 is 1.81 bits per heavy atom. The lowest BCUT2D eigenvalue weighted by Crippen LogP contribution is -2.37. The highest BCUT2D eigenvalue weighted by atomic mass is 79.9. The van der Waals surface area contributed by atoms with Gasteiger partial charge >= 0.3 is 0 Å². The van der Waals surface area contributed by atoms with Crippen molar-refractivity contribution in [1.82, 2.24) is 4.98 Å². The van der Waals surface area contributed by atoms with Crippen molar-refractivity contribution in [3.63, 3.8) is 0 Å². The van der Waals surface area contributed by atoms with Crippen LogP contribution in [0.3, 0.4) is 0 Å². The van der Waals surface area contributed by atoms with Gasteiger partial charge in [-0.25, -0.2) is 13.4 Å². The molecule has 6 nitrogen and oxygen atoms in total. The van der Waals surface area contributed by atoms with Crippen molar-refractivity contribution < 1.29 is 13.2 Å². The number of benzene rings is 3. The van der Waals surface area contributed by atoms with Gasteiger partial charge in [0.15, 0.2) is 0 Å². The Balaban J connectivity index is 1.50. The number of fused-ring (bicyclic) bond motifs is 1. The average Bonchev–Trinajstić information content (AvgIpc) is 3.15. The van der Waals surface area contributed by atoms with Crippen molar-refractivity contribution in [2.45, 2.75) is 6.92 Å². The molecule has 1 heterocycles. The van der Waals surface area contributed by atoms with Gasteiger partial charge in [0.2, 0.25) is 15.9 Å². The van der Waals surface area contributed by atoms with Gasteiger partial charge in [-0.3, -0.25) is 9.10 Å². The molecule has 0 atom stereocenters. The lowest BCUT2D eigenvalue weighted by Gasteiger charge is -2.23. The van der Waals surface area contributed by atoms with E-state index in [0.717, 1.165) is 31.3 Å². The number of nitrogens with one attached hydrogen (secondary N) is 1. The molecule has 4 rings (SSSR count). The molecule has 1 aromatic heterocycles. The van der Waals surface area contributed by atoms with Gasteiger partial charge in [-0.1, -0.05) is 18.2 Å². The van der Waals surface area contributed by atoms with Crippen LogP contribution in [0.15, 0.2) is 71.2 Å². The zero-order chi connectivity index (χ0) is 22.9. The minimum Gasteiger partial charge on any atom is -0.325 e. The van der Waals surface area contributed by atoms with Gasteiger partial charge in [-0.05, 0) is 76.9 Å². The van der Waals surface area contributed by atoms with Crippen LogP contribution in [-0.2, 0) is 14.8 Å². The average molecular weight is 530 g/mol. The van der Waals surface area contributed by atoms with E-state index in [1.165, 1.54) is 5.56 Å². The van der Waals surface area contributed by atoms with Crippen LogP contribution < -0.4 is 9.62 Å². The first kappa shape index (κ1) is 22.4. The predicted molar refractivity (Wildman–Crippen MR) is 135 cm³/mol. The lowest BCUT2D eigenvalue weighted by atomic mass is 10.2. The Morgan fingerprint density at radius 3 is 2.50 bits per heavy atom. The first-order valence-electron chi connectivity index (χ1n) is 9.70. The molecule has 32 heavy (non-hydrogen) atoms. The zero-order valence-corrected chi connectivity index (χ0v) is 20.6. The van der Waals surface area contributed by atoms with Crippen LogP contribution >= 0.6 is 27.3 Å². The zero-order valence-electron chi connectivity index (χ0n) is 17.4. The van der Waals surface area contributed by atoms with Gasteiger partial charge in [0.25, 0.3) is 0 Å². The van der Waals surface area contributed by atoms with E-state index in [0.29, 0.717) is 15.8 Å². The summed E-state index contributed by atoms with van der Waals surface area (Å²) in [5.41, 5.74) is 4.09. The molecule has 0 spiro atoms. The van der Waals surface area contributed by atoms with E-state index in [1.54, 1.807) is 47.7 Å². The van der Waals surface area contributed by atoms with Crippen molar-refractivity contribution in [3.05, 3.63) is 76.8 Å². The summed E-state index contributed by atoms with van der Waals surface area (Å²) in [5, 5.41) is 3.67. The van der Waals surface area contributed by atoms with Gasteiger partial charge in [0.1, 0.15) is 11.6 Å². The molecule has 0 aliphatic heterocycles. The minimum atomic E-state index is -3.65. The maximum atomic E-state index is 12.6. The molecule has 1 N–H and O–H groups in total. The van der Waals surface area contributed by atoms with E-state index >= 15 is 0 Å². The van der Waals surface area contributed by atoms with Crippen LogP contribution in [0.1, 0.15) is 5.56 Å². The number of hydrogen-bond donors (Lipinski definition) is 1. The lowest BCUT2D eigenvalue weighted by molar-refractivity contribution is -0.114. The number of thiazole rings is 1. The highest BCUT2D eigenvalue weighted by molar-refractivity contribution is 9.10. The molecular formula is C23H20BrN3O3S2. The molecular weight excluding hydrogens is 510 g/mol. The van der Waals surface area contributed by atoms with Gasteiger partial charge < -0.3 is 5.32 Å². The Morgan fingerprint density at radius 1 is 1.09 bits per heavy atom. The number of anilines is 2. The number of para-hydroxylation sites is 1. The number of hydrogen-bond acceptors (Lipinski definition) is 5. The standard InChI is InChI=1S/C23H20BrN3O3S2/c1-15-7-12-19-21(13-15)31-23(26-19)16-8-10-17(11-9-16)25-22(28)14-27(32(2,29)30)20-6-4-3-5-18(20)24/h3-13H,14H2,1-2H3,(H,25,28). The van der Waals surface area contributed by atoms with Crippen LogP contribution in [0, 0.1) is 6.92 Å². The van der Waals surface area contributed by atoms with E-state index in [1.807, 2.05) is 24.3 Å².